The van der Waals surface area contributed by atoms with Gasteiger partial charge in [0.2, 0.25) is 0 Å². The number of rotatable bonds is 2. The predicted octanol–water partition coefficient (Wildman–Crippen LogP) is 2.71. The van der Waals surface area contributed by atoms with Crippen molar-refractivity contribution in [1.29, 1.82) is 0 Å². The molecule has 14 heavy (non-hydrogen) atoms. The van der Waals surface area contributed by atoms with Crippen molar-refractivity contribution in [3.63, 3.8) is 0 Å². The average molecular weight is 199 g/mol. The van der Waals surface area contributed by atoms with Crippen LogP contribution >= 0.6 is 0 Å². The Morgan fingerprint density at radius 3 is 2.43 bits per heavy atom. The highest BCUT2D eigenvalue weighted by molar-refractivity contribution is 4.84. The van der Waals surface area contributed by atoms with E-state index in [1.807, 2.05) is 0 Å². The molecule has 0 heterocycles. The molecule has 1 aliphatic rings. The van der Waals surface area contributed by atoms with E-state index in [9.17, 15) is 0 Å². The van der Waals surface area contributed by atoms with Crippen molar-refractivity contribution < 1.29 is 4.74 Å². The lowest BCUT2D eigenvalue weighted by molar-refractivity contribution is -0.0898. The van der Waals surface area contributed by atoms with E-state index in [-0.39, 0.29) is 17.7 Å². The minimum atomic E-state index is -0.0576. The van der Waals surface area contributed by atoms with E-state index >= 15 is 0 Å². The Kier molecular flexibility index (Phi) is 3.96. The van der Waals surface area contributed by atoms with E-state index in [0.29, 0.717) is 0 Å². The summed E-state index contributed by atoms with van der Waals surface area (Å²) in [4.78, 5) is 0. The van der Waals surface area contributed by atoms with Crippen LogP contribution < -0.4 is 5.73 Å². The van der Waals surface area contributed by atoms with Crippen molar-refractivity contribution in [3.05, 3.63) is 0 Å². The SMILES string of the molecule is CCC1CCC(N)C(OC(C)(C)C)C1. The lowest BCUT2D eigenvalue weighted by Crippen LogP contribution is -2.45. The fourth-order valence-electron chi connectivity index (χ4n) is 2.20. The van der Waals surface area contributed by atoms with Gasteiger partial charge in [-0.25, -0.2) is 0 Å². The largest absolute Gasteiger partial charge is 0.371 e. The van der Waals surface area contributed by atoms with Crippen LogP contribution in [0.1, 0.15) is 53.4 Å². The van der Waals surface area contributed by atoms with Crippen molar-refractivity contribution in [2.75, 3.05) is 0 Å². The lowest BCUT2D eigenvalue weighted by atomic mass is 9.82. The zero-order valence-electron chi connectivity index (χ0n) is 10.0. The highest BCUT2D eigenvalue weighted by atomic mass is 16.5. The van der Waals surface area contributed by atoms with E-state index in [2.05, 4.69) is 27.7 Å². The molecule has 0 radical (unpaired) electrons. The summed E-state index contributed by atoms with van der Waals surface area (Å²) in [5, 5.41) is 0. The van der Waals surface area contributed by atoms with Crippen LogP contribution in [0.25, 0.3) is 0 Å². The summed E-state index contributed by atoms with van der Waals surface area (Å²) < 4.78 is 6.00. The molecule has 0 aromatic heterocycles. The standard InChI is InChI=1S/C12H25NO/c1-5-9-6-7-10(13)11(8-9)14-12(2,3)4/h9-11H,5-8,13H2,1-4H3. The second-order valence-corrected chi connectivity index (χ2v) is 5.52. The Bertz CT molecular complexity index is 174. The van der Waals surface area contributed by atoms with Gasteiger partial charge in [-0.2, -0.15) is 0 Å². The molecule has 84 valence electrons. The first-order valence-electron chi connectivity index (χ1n) is 5.85. The minimum Gasteiger partial charge on any atom is -0.371 e. The number of hydrogen-bond donors (Lipinski definition) is 1. The third-order valence-corrected chi connectivity index (χ3v) is 3.03. The van der Waals surface area contributed by atoms with Gasteiger partial charge in [0.15, 0.2) is 0 Å². The van der Waals surface area contributed by atoms with E-state index in [4.69, 9.17) is 10.5 Å². The third-order valence-electron chi connectivity index (χ3n) is 3.03. The van der Waals surface area contributed by atoms with Crippen molar-refractivity contribution in [1.82, 2.24) is 0 Å². The molecule has 2 N–H and O–H groups in total. The summed E-state index contributed by atoms with van der Waals surface area (Å²) >= 11 is 0. The second kappa shape index (κ2) is 4.63. The van der Waals surface area contributed by atoms with Gasteiger partial charge in [0.1, 0.15) is 0 Å². The Morgan fingerprint density at radius 1 is 1.29 bits per heavy atom. The van der Waals surface area contributed by atoms with Crippen LogP contribution in [-0.4, -0.2) is 17.7 Å². The van der Waals surface area contributed by atoms with Crippen molar-refractivity contribution >= 4 is 0 Å². The highest BCUT2D eigenvalue weighted by Gasteiger charge is 2.30. The van der Waals surface area contributed by atoms with E-state index in [1.165, 1.54) is 12.8 Å². The Balaban J connectivity index is 2.48. The van der Waals surface area contributed by atoms with Gasteiger partial charge < -0.3 is 10.5 Å². The van der Waals surface area contributed by atoms with Crippen LogP contribution in [0.15, 0.2) is 0 Å². The molecule has 0 aromatic carbocycles. The molecule has 3 unspecified atom stereocenters. The van der Waals surface area contributed by atoms with Gasteiger partial charge >= 0.3 is 0 Å². The van der Waals surface area contributed by atoms with Crippen LogP contribution in [-0.2, 0) is 4.74 Å². The van der Waals surface area contributed by atoms with Gasteiger partial charge in [-0.05, 0) is 46.0 Å². The fourth-order valence-corrected chi connectivity index (χ4v) is 2.20. The first-order valence-corrected chi connectivity index (χ1v) is 5.85. The molecule has 2 nitrogen and oxygen atoms in total. The van der Waals surface area contributed by atoms with Gasteiger partial charge in [-0.3, -0.25) is 0 Å². The zero-order chi connectivity index (χ0) is 10.8. The Hall–Kier alpha value is -0.0800. The van der Waals surface area contributed by atoms with Gasteiger partial charge in [-0.15, -0.1) is 0 Å². The topological polar surface area (TPSA) is 35.2 Å². The molecule has 0 saturated heterocycles. The van der Waals surface area contributed by atoms with Crippen LogP contribution in [0, 0.1) is 5.92 Å². The summed E-state index contributed by atoms with van der Waals surface area (Å²) in [7, 11) is 0. The van der Waals surface area contributed by atoms with E-state index < -0.39 is 0 Å². The van der Waals surface area contributed by atoms with Crippen LogP contribution in [0.3, 0.4) is 0 Å². The Morgan fingerprint density at radius 2 is 1.93 bits per heavy atom. The zero-order valence-corrected chi connectivity index (χ0v) is 10.0. The third kappa shape index (κ3) is 3.58. The van der Waals surface area contributed by atoms with Crippen LogP contribution in [0.2, 0.25) is 0 Å². The van der Waals surface area contributed by atoms with Gasteiger partial charge in [-0.1, -0.05) is 13.3 Å². The molecule has 1 fully saturated rings. The van der Waals surface area contributed by atoms with Crippen molar-refractivity contribution in [3.8, 4) is 0 Å². The molecule has 1 saturated carbocycles. The van der Waals surface area contributed by atoms with Crippen LogP contribution in [0.4, 0.5) is 0 Å². The number of hydrogen-bond acceptors (Lipinski definition) is 2. The van der Waals surface area contributed by atoms with Gasteiger partial charge in [0, 0.05) is 6.04 Å². The van der Waals surface area contributed by atoms with Crippen molar-refractivity contribution in [2.45, 2.75) is 71.1 Å². The summed E-state index contributed by atoms with van der Waals surface area (Å²) in [6.07, 6.45) is 5.08. The molecule has 3 atom stereocenters. The second-order valence-electron chi connectivity index (χ2n) is 5.52. The highest BCUT2D eigenvalue weighted by Crippen LogP contribution is 2.30. The normalized spacial score (nSPS) is 34.5. The summed E-state index contributed by atoms with van der Waals surface area (Å²) in [5.74, 6) is 0.821. The smallest absolute Gasteiger partial charge is 0.0735 e. The minimum absolute atomic E-state index is 0.0576. The van der Waals surface area contributed by atoms with Gasteiger partial charge in [0.25, 0.3) is 0 Å². The molecule has 0 spiro atoms. The average Bonchev–Trinajstić information content (AvgIpc) is 2.06. The summed E-state index contributed by atoms with van der Waals surface area (Å²) in [6, 6.07) is 0.247. The molecular formula is C12H25NO. The van der Waals surface area contributed by atoms with E-state index in [1.54, 1.807) is 0 Å². The maximum Gasteiger partial charge on any atom is 0.0735 e. The lowest BCUT2D eigenvalue weighted by Gasteiger charge is -2.37. The number of ether oxygens (including phenoxy) is 1. The van der Waals surface area contributed by atoms with Crippen molar-refractivity contribution in [2.24, 2.45) is 11.7 Å². The molecular weight excluding hydrogens is 174 g/mol. The first kappa shape index (κ1) is 12.0. The monoisotopic (exact) mass is 199 g/mol. The molecule has 0 bridgehead atoms. The molecule has 2 heteroatoms. The fraction of sp³-hybridized carbons (Fsp3) is 1.00. The quantitative estimate of drug-likeness (QED) is 0.742. The molecule has 0 aromatic rings. The molecule has 0 amide bonds. The molecule has 1 rings (SSSR count). The first-order chi connectivity index (χ1) is 6.42. The molecule has 1 aliphatic carbocycles. The molecule has 0 aliphatic heterocycles. The summed E-state index contributed by atoms with van der Waals surface area (Å²) in [6.45, 7) is 8.58. The van der Waals surface area contributed by atoms with E-state index in [0.717, 1.165) is 18.8 Å². The van der Waals surface area contributed by atoms with Gasteiger partial charge in [0.05, 0.1) is 11.7 Å². The Labute approximate surface area is 88.2 Å². The predicted molar refractivity (Wildman–Crippen MR) is 60.2 cm³/mol. The number of nitrogens with two attached hydrogens (primary N) is 1. The maximum atomic E-state index is 6.08. The summed E-state index contributed by atoms with van der Waals surface area (Å²) in [5.41, 5.74) is 6.02. The maximum absolute atomic E-state index is 6.08. The van der Waals surface area contributed by atoms with Crippen LogP contribution in [0.5, 0.6) is 0 Å².